The molecular formula is C23H25N3O4S. The third kappa shape index (κ3) is 5.03. The Hall–Kier alpha value is -2.97. The van der Waals surface area contributed by atoms with E-state index in [4.69, 9.17) is 4.42 Å². The summed E-state index contributed by atoms with van der Waals surface area (Å²) in [4.78, 5) is 19.0. The second-order valence-corrected chi connectivity index (χ2v) is 9.56. The molecule has 0 spiro atoms. The van der Waals surface area contributed by atoms with Crippen molar-refractivity contribution in [2.75, 3.05) is 26.2 Å². The highest BCUT2D eigenvalue weighted by atomic mass is 32.2. The van der Waals surface area contributed by atoms with Gasteiger partial charge in [-0.2, -0.15) is 4.31 Å². The molecule has 7 nitrogen and oxygen atoms in total. The molecule has 31 heavy (non-hydrogen) atoms. The summed E-state index contributed by atoms with van der Waals surface area (Å²) in [5.41, 5.74) is 2.24. The molecule has 1 saturated heterocycles. The number of oxazole rings is 1. The van der Waals surface area contributed by atoms with Gasteiger partial charge in [0, 0.05) is 31.7 Å². The van der Waals surface area contributed by atoms with Crippen LogP contribution in [0.3, 0.4) is 0 Å². The van der Waals surface area contributed by atoms with Gasteiger partial charge in [0.1, 0.15) is 5.76 Å². The SMILES string of the molecule is Cc1oc(-c2ccccc2)nc1CC(=O)N1CCN(S(=O)(=O)Cc2ccccc2)CC1. The lowest BCUT2D eigenvalue weighted by atomic mass is 10.2. The number of aryl methyl sites for hydroxylation is 1. The first-order chi connectivity index (χ1) is 14.9. The summed E-state index contributed by atoms with van der Waals surface area (Å²) in [6.07, 6.45) is 0.138. The highest BCUT2D eigenvalue weighted by Crippen LogP contribution is 2.22. The summed E-state index contributed by atoms with van der Waals surface area (Å²) >= 11 is 0. The molecule has 1 aliphatic heterocycles. The predicted octanol–water partition coefficient (Wildman–Crippen LogP) is 2.87. The van der Waals surface area contributed by atoms with E-state index in [1.165, 1.54) is 4.31 Å². The normalized spacial score (nSPS) is 15.2. The zero-order valence-electron chi connectivity index (χ0n) is 17.4. The number of carbonyl (C=O) groups is 1. The Balaban J connectivity index is 1.35. The predicted molar refractivity (Wildman–Crippen MR) is 118 cm³/mol. The van der Waals surface area contributed by atoms with Crippen LogP contribution in [0.15, 0.2) is 65.1 Å². The van der Waals surface area contributed by atoms with Gasteiger partial charge in [-0.1, -0.05) is 48.5 Å². The lowest BCUT2D eigenvalue weighted by molar-refractivity contribution is -0.131. The van der Waals surface area contributed by atoms with E-state index in [1.807, 2.05) is 48.5 Å². The van der Waals surface area contributed by atoms with Crippen molar-refractivity contribution >= 4 is 15.9 Å². The van der Waals surface area contributed by atoms with Crippen LogP contribution in [0.5, 0.6) is 0 Å². The average Bonchev–Trinajstić information content (AvgIpc) is 3.15. The topological polar surface area (TPSA) is 83.7 Å². The number of nitrogens with zero attached hydrogens (tertiary/aromatic N) is 3. The van der Waals surface area contributed by atoms with Crippen LogP contribution in [0.1, 0.15) is 17.0 Å². The Morgan fingerprint density at radius 2 is 1.58 bits per heavy atom. The number of benzene rings is 2. The number of rotatable bonds is 6. The molecule has 0 radical (unpaired) electrons. The number of amides is 1. The minimum Gasteiger partial charge on any atom is -0.441 e. The second-order valence-electron chi connectivity index (χ2n) is 7.59. The molecule has 1 aliphatic rings. The van der Waals surface area contributed by atoms with Gasteiger partial charge in [-0.15, -0.1) is 0 Å². The molecule has 0 saturated carbocycles. The van der Waals surface area contributed by atoms with Gasteiger partial charge < -0.3 is 9.32 Å². The molecular weight excluding hydrogens is 414 g/mol. The fraction of sp³-hybridized carbons (Fsp3) is 0.304. The van der Waals surface area contributed by atoms with Crippen molar-refractivity contribution in [3.63, 3.8) is 0 Å². The third-order valence-corrected chi connectivity index (χ3v) is 7.26. The van der Waals surface area contributed by atoms with Crippen molar-refractivity contribution < 1.29 is 17.6 Å². The van der Waals surface area contributed by atoms with Crippen LogP contribution in [0.2, 0.25) is 0 Å². The van der Waals surface area contributed by atoms with Crippen LogP contribution in [0.25, 0.3) is 11.5 Å². The van der Waals surface area contributed by atoms with Gasteiger partial charge in [0.05, 0.1) is 17.9 Å². The Morgan fingerprint density at radius 3 is 2.23 bits per heavy atom. The monoisotopic (exact) mass is 439 g/mol. The Kier molecular flexibility index (Phi) is 6.20. The molecule has 0 atom stereocenters. The van der Waals surface area contributed by atoms with E-state index in [1.54, 1.807) is 24.0 Å². The van der Waals surface area contributed by atoms with Crippen molar-refractivity contribution in [3.8, 4) is 11.5 Å². The van der Waals surface area contributed by atoms with Crippen molar-refractivity contribution in [2.24, 2.45) is 0 Å². The van der Waals surface area contributed by atoms with Crippen LogP contribution in [0.4, 0.5) is 0 Å². The van der Waals surface area contributed by atoms with Gasteiger partial charge in [0.15, 0.2) is 0 Å². The van der Waals surface area contributed by atoms with Crippen molar-refractivity contribution in [3.05, 3.63) is 77.7 Å². The molecule has 8 heteroatoms. The molecule has 1 fully saturated rings. The zero-order valence-corrected chi connectivity index (χ0v) is 18.2. The number of hydrogen-bond donors (Lipinski definition) is 0. The van der Waals surface area contributed by atoms with E-state index in [0.717, 1.165) is 11.1 Å². The van der Waals surface area contributed by atoms with Gasteiger partial charge in [0.25, 0.3) is 0 Å². The summed E-state index contributed by atoms with van der Waals surface area (Å²) < 4.78 is 32.6. The second kappa shape index (κ2) is 9.03. The van der Waals surface area contributed by atoms with Crippen molar-refractivity contribution in [1.82, 2.24) is 14.2 Å². The number of hydrogen-bond acceptors (Lipinski definition) is 5. The standard InChI is InChI=1S/C23H25N3O4S/c1-18-21(24-23(30-18)20-10-6-3-7-11-20)16-22(27)25-12-14-26(15-13-25)31(28,29)17-19-8-4-2-5-9-19/h2-11H,12-17H2,1H3. The molecule has 162 valence electrons. The quantitative estimate of drug-likeness (QED) is 0.590. The Labute approximate surface area is 182 Å². The molecule has 0 unspecified atom stereocenters. The van der Waals surface area contributed by atoms with Crippen LogP contribution in [0, 0.1) is 6.92 Å². The zero-order chi connectivity index (χ0) is 21.8. The van der Waals surface area contributed by atoms with E-state index >= 15 is 0 Å². The van der Waals surface area contributed by atoms with E-state index in [0.29, 0.717) is 43.5 Å². The van der Waals surface area contributed by atoms with Crippen LogP contribution < -0.4 is 0 Å². The first kappa shape index (κ1) is 21.3. The molecule has 0 N–H and O–H groups in total. The molecule has 0 bridgehead atoms. The highest BCUT2D eigenvalue weighted by Gasteiger charge is 2.29. The van der Waals surface area contributed by atoms with E-state index in [2.05, 4.69) is 4.98 Å². The largest absolute Gasteiger partial charge is 0.441 e. The van der Waals surface area contributed by atoms with Crippen LogP contribution in [-0.4, -0.2) is 54.7 Å². The van der Waals surface area contributed by atoms with Gasteiger partial charge in [-0.3, -0.25) is 4.79 Å². The molecule has 3 aromatic rings. The summed E-state index contributed by atoms with van der Waals surface area (Å²) in [7, 11) is -3.41. The molecule has 1 aromatic heterocycles. The molecule has 2 heterocycles. The first-order valence-electron chi connectivity index (χ1n) is 10.2. The van der Waals surface area contributed by atoms with E-state index in [-0.39, 0.29) is 18.1 Å². The van der Waals surface area contributed by atoms with Gasteiger partial charge >= 0.3 is 0 Å². The van der Waals surface area contributed by atoms with Crippen molar-refractivity contribution in [2.45, 2.75) is 19.1 Å². The fourth-order valence-corrected chi connectivity index (χ4v) is 5.16. The van der Waals surface area contributed by atoms with E-state index in [9.17, 15) is 13.2 Å². The molecule has 2 aromatic carbocycles. The molecule has 4 rings (SSSR count). The maximum atomic E-state index is 12.8. The molecule has 1 amide bonds. The maximum absolute atomic E-state index is 12.8. The number of carbonyl (C=O) groups excluding carboxylic acids is 1. The van der Waals surface area contributed by atoms with Gasteiger partial charge in [0.2, 0.25) is 21.8 Å². The first-order valence-corrected chi connectivity index (χ1v) is 11.8. The third-order valence-electron chi connectivity index (χ3n) is 5.41. The van der Waals surface area contributed by atoms with Crippen LogP contribution in [-0.2, 0) is 27.0 Å². The smallest absolute Gasteiger partial charge is 0.228 e. The highest BCUT2D eigenvalue weighted by molar-refractivity contribution is 7.88. The number of sulfonamides is 1. The fourth-order valence-electron chi connectivity index (χ4n) is 3.64. The van der Waals surface area contributed by atoms with E-state index < -0.39 is 10.0 Å². The summed E-state index contributed by atoms with van der Waals surface area (Å²) in [5.74, 6) is 1.02. The molecule has 0 aliphatic carbocycles. The number of piperazine rings is 1. The summed E-state index contributed by atoms with van der Waals surface area (Å²) in [6, 6.07) is 18.7. The van der Waals surface area contributed by atoms with Crippen molar-refractivity contribution in [1.29, 1.82) is 0 Å². The van der Waals surface area contributed by atoms with Crippen LogP contribution >= 0.6 is 0 Å². The Morgan fingerprint density at radius 1 is 0.968 bits per heavy atom. The Bertz CT molecular complexity index is 1140. The minimum atomic E-state index is -3.41. The number of aromatic nitrogens is 1. The van der Waals surface area contributed by atoms with Gasteiger partial charge in [-0.05, 0) is 24.6 Å². The van der Waals surface area contributed by atoms with Gasteiger partial charge in [-0.25, -0.2) is 13.4 Å². The average molecular weight is 440 g/mol. The summed E-state index contributed by atoms with van der Waals surface area (Å²) in [6.45, 7) is 3.14. The minimum absolute atomic E-state index is 0.0256. The lowest BCUT2D eigenvalue weighted by Gasteiger charge is -2.34. The lowest BCUT2D eigenvalue weighted by Crippen LogP contribution is -2.51. The maximum Gasteiger partial charge on any atom is 0.228 e. The summed E-state index contributed by atoms with van der Waals surface area (Å²) in [5, 5.41) is 0.